The summed E-state index contributed by atoms with van der Waals surface area (Å²) in [4.78, 5) is 41.2. The number of esters is 1. The smallest absolute Gasteiger partial charge is 0.338 e. The van der Waals surface area contributed by atoms with Crippen LogP contribution < -0.4 is 10.9 Å². The molecule has 3 rings (SSSR count). The molecule has 1 amide bonds. The molecule has 0 aliphatic rings. The summed E-state index contributed by atoms with van der Waals surface area (Å²) in [6.45, 7) is 5.47. The molecule has 0 aliphatic heterocycles. The molecule has 0 saturated carbocycles. The standard InChI is InChI=1S/C21H20ClN3O4/c1-4-25-18-10-5-14(11-17(18)23-12(2)20(25)27)21(28)29-13(3)19(26)24-16-8-6-15(22)7-9-16/h5-11,13H,4H2,1-3H3,(H,24,26). The van der Waals surface area contributed by atoms with Gasteiger partial charge in [0.25, 0.3) is 11.5 Å². The summed E-state index contributed by atoms with van der Waals surface area (Å²) >= 11 is 5.82. The first kappa shape index (κ1) is 20.5. The minimum atomic E-state index is -1.01. The summed E-state index contributed by atoms with van der Waals surface area (Å²) in [5, 5.41) is 3.21. The molecule has 0 aliphatic carbocycles. The summed E-state index contributed by atoms with van der Waals surface area (Å²) < 4.78 is 6.87. The van der Waals surface area contributed by atoms with Gasteiger partial charge in [-0.1, -0.05) is 11.6 Å². The fourth-order valence-electron chi connectivity index (χ4n) is 2.87. The topological polar surface area (TPSA) is 90.3 Å². The Kier molecular flexibility index (Phi) is 5.98. The van der Waals surface area contributed by atoms with Crippen LogP contribution in [0.5, 0.6) is 0 Å². The number of benzene rings is 2. The van der Waals surface area contributed by atoms with Crippen LogP contribution in [0.1, 0.15) is 29.9 Å². The van der Waals surface area contributed by atoms with Crippen molar-refractivity contribution in [3.05, 3.63) is 69.1 Å². The second-order valence-electron chi connectivity index (χ2n) is 6.49. The average Bonchev–Trinajstić information content (AvgIpc) is 2.70. The van der Waals surface area contributed by atoms with E-state index in [1.165, 1.54) is 6.92 Å². The van der Waals surface area contributed by atoms with Crippen molar-refractivity contribution in [1.29, 1.82) is 0 Å². The van der Waals surface area contributed by atoms with Gasteiger partial charge in [-0.2, -0.15) is 0 Å². The predicted molar refractivity (Wildman–Crippen MR) is 111 cm³/mol. The molecule has 1 heterocycles. The first-order valence-corrected chi connectivity index (χ1v) is 9.46. The van der Waals surface area contributed by atoms with Gasteiger partial charge in [0, 0.05) is 17.3 Å². The van der Waals surface area contributed by atoms with E-state index in [-0.39, 0.29) is 11.1 Å². The molecular formula is C21H20ClN3O4. The third-order valence-corrected chi connectivity index (χ3v) is 4.68. The van der Waals surface area contributed by atoms with Crippen LogP contribution in [-0.4, -0.2) is 27.5 Å². The van der Waals surface area contributed by atoms with E-state index < -0.39 is 18.0 Å². The normalized spacial score (nSPS) is 11.9. The Morgan fingerprint density at radius 3 is 2.55 bits per heavy atom. The summed E-state index contributed by atoms with van der Waals surface area (Å²) in [6.07, 6.45) is -1.01. The fraction of sp³-hybridized carbons (Fsp3) is 0.238. The van der Waals surface area contributed by atoms with Crippen LogP contribution in [0.4, 0.5) is 5.69 Å². The van der Waals surface area contributed by atoms with E-state index >= 15 is 0 Å². The molecule has 0 radical (unpaired) electrons. The Hall–Kier alpha value is -3.19. The van der Waals surface area contributed by atoms with E-state index in [1.54, 1.807) is 54.0 Å². The molecule has 1 unspecified atom stereocenters. The van der Waals surface area contributed by atoms with Gasteiger partial charge in [-0.3, -0.25) is 9.59 Å². The van der Waals surface area contributed by atoms with Gasteiger partial charge in [0.2, 0.25) is 0 Å². The van der Waals surface area contributed by atoms with E-state index in [1.807, 2.05) is 6.92 Å². The molecule has 150 valence electrons. The zero-order valence-corrected chi connectivity index (χ0v) is 17.0. The number of fused-ring (bicyclic) bond motifs is 1. The van der Waals surface area contributed by atoms with E-state index in [9.17, 15) is 14.4 Å². The van der Waals surface area contributed by atoms with Gasteiger partial charge in [-0.05, 0) is 63.2 Å². The van der Waals surface area contributed by atoms with Crippen molar-refractivity contribution in [2.24, 2.45) is 0 Å². The van der Waals surface area contributed by atoms with E-state index in [2.05, 4.69) is 10.3 Å². The van der Waals surface area contributed by atoms with Crippen molar-refractivity contribution in [2.75, 3.05) is 5.32 Å². The Labute approximate surface area is 172 Å². The lowest BCUT2D eigenvalue weighted by atomic mass is 10.2. The molecule has 1 aromatic heterocycles. The SMILES string of the molecule is CCn1c(=O)c(C)nc2cc(C(=O)OC(C)C(=O)Nc3ccc(Cl)cc3)ccc21. The highest BCUT2D eigenvalue weighted by Gasteiger charge is 2.20. The molecule has 0 fully saturated rings. The van der Waals surface area contributed by atoms with Crippen molar-refractivity contribution < 1.29 is 14.3 Å². The third kappa shape index (κ3) is 4.46. The maximum atomic E-state index is 12.5. The lowest BCUT2D eigenvalue weighted by Gasteiger charge is -2.14. The highest BCUT2D eigenvalue weighted by atomic mass is 35.5. The Morgan fingerprint density at radius 1 is 1.21 bits per heavy atom. The summed E-state index contributed by atoms with van der Waals surface area (Å²) in [5.41, 5.74) is 2.12. The third-order valence-electron chi connectivity index (χ3n) is 4.43. The quantitative estimate of drug-likeness (QED) is 0.646. The molecular weight excluding hydrogens is 394 g/mol. The molecule has 29 heavy (non-hydrogen) atoms. The van der Waals surface area contributed by atoms with E-state index in [4.69, 9.17) is 16.3 Å². The number of aromatic nitrogens is 2. The lowest BCUT2D eigenvalue weighted by molar-refractivity contribution is -0.123. The summed E-state index contributed by atoms with van der Waals surface area (Å²) in [5.74, 6) is -1.12. The van der Waals surface area contributed by atoms with Crippen LogP contribution in [0.2, 0.25) is 5.02 Å². The molecule has 0 bridgehead atoms. The minimum Gasteiger partial charge on any atom is -0.449 e. The molecule has 0 saturated heterocycles. The fourth-order valence-corrected chi connectivity index (χ4v) is 3.00. The minimum absolute atomic E-state index is 0.164. The number of nitrogens with one attached hydrogen (secondary N) is 1. The van der Waals surface area contributed by atoms with Crippen LogP contribution >= 0.6 is 11.6 Å². The number of hydrogen-bond donors (Lipinski definition) is 1. The number of amides is 1. The van der Waals surface area contributed by atoms with Crippen LogP contribution in [-0.2, 0) is 16.1 Å². The molecule has 0 spiro atoms. The molecule has 2 aromatic carbocycles. The number of ether oxygens (including phenoxy) is 1. The second kappa shape index (κ2) is 8.45. The highest BCUT2D eigenvalue weighted by Crippen LogP contribution is 2.16. The predicted octanol–water partition coefficient (Wildman–Crippen LogP) is 3.56. The van der Waals surface area contributed by atoms with Gasteiger partial charge in [0.15, 0.2) is 6.10 Å². The van der Waals surface area contributed by atoms with Crippen LogP contribution in [0.3, 0.4) is 0 Å². The average molecular weight is 414 g/mol. The number of nitrogens with zero attached hydrogens (tertiary/aromatic N) is 2. The maximum absolute atomic E-state index is 12.5. The maximum Gasteiger partial charge on any atom is 0.338 e. The number of rotatable bonds is 5. The van der Waals surface area contributed by atoms with Gasteiger partial charge < -0.3 is 14.6 Å². The summed E-state index contributed by atoms with van der Waals surface area (Å²) in [7, 11) is 0. The number of carbonyl (C=O) groups excluding carboxylic acids is 2. The van der Waals surface area contributed by atoms with E-state index in [0.717, 1.165) is 0 Å². The zero-order valence-electron chi connectivity index (χ0n) is 16.2. The van der Waals surface area contributed by atoms with Gasteiger partial charge in [0.1, 0.15) is 5.69 Å². The van der Waals surface area contributed by atoms with Crippen molar-refractivity contribution in [1.82, 2.24) is 9.55 Å². The zero-order chi connectivity index (χ0) is 21.1. The van der Waals surface area contributed by atoms with Crippen molar-refractivity contribution in [3.8, 4) is 0 Å². The lowest BCUT2D eigenvalue weighted by Crippen LogP contribution is -2.30. The monoisotopic (exact) mass is 413 g/mol. The van der Waals surface area contributed by atoms with E-state index in [0.29, 0.717) is 34.0 Å². The first-order chi connectivity index (χ1) is 13.8. The Morgan fingerprint density at radius 2 is 1.90 bits per heavy atom. The largest absolute Gasteiger partial charge is 0.449 e. The van der Waals surface area contributed by atoms with Crippen molar-refractivity contribution in [2.45, 2.75) is 33.4 Å². The molecule has 1 atom stereocenters. The first-order valence-electron chi connectivity index (χ1n) is 9.08. The summed E-state index contributed by atoms with van der Waals surface area (Å²) in [6, 6.07) is 11.4. The van der Waals surface area contributed by atoms with Crippen molar-refractivity contribution in [3.63, 3.8) is 0 Å². The number of anilines is 1. The Bertz CT molecular complexity index is 1140. The number of hydrogen-bond acceptors (Lipinski definition) is 5. The molecule has 8 heteroatoms. The molecule has 3 aromatic rings. The van der Waals surface area contributed by atoms with Gasteiger partial charge in [0.05, 0.1) is 16.6 Å². The molecule has 7 nitrogen and oxygen atoms in total. The number of halogens is 1. The number of aryl methyl sites for hydroxylation is 2. The van der Waals surface area contributed by atoms with Gasteiger partial charge in [-0.25, -0.2) is 9.78 Å². The highest BCUT2D eigenvalue weighted by molar-refractivity contribution is 6.30. The Balaban J connectivity index is 1.76. The van der Waals surface area contributed by atoms with Crippen LogP contribution in [0.25, 0.3) is 11.0 Å². The van der Waals surface area contributed by atoms with Crippen molar-refractivity contribution >= 4 is 40.2 Å². The van der Waals surface area contributed by atoms with Gasteiger partial charge >= 0.3 is 5.97 Å². The van der Waals surface area contributed by atoms with Gasteiger partial charge in [-0.15, -0.1) is 0 Å². The second-order valence-corrected chi connectivity index (χ2v) is 6.93. The molecule has 1 N–H and O–H groups in total. The van der Waals surface area contributed by atoms with Crippen LogP contribution in [0.15, 0.2) is 47.3 Å². The number of carbonyl (C=O) groups is 2. The van der Waals surface area contributed by atoms with Crippen LogP contribution in [0, 0.1) is 6.92 Å².